The van der Waals surface area contributed by atoms with E-state index in [1.807, 2.05) is 38.1 Å². The molecule has 0 aliphatic carbocycles. The molecule has 0 spiro atoms. The zero-order valence-corrected chi connectivity index (χ0v) is 11.3. The largest absolute Gasteiger partial charge is 0.298 e. The van der Waals surface area contributed by atoms with Crippen molar-refractivity contribution < 1.29 is 4.79 Å². The summed E-state index contributed by atoms with van der Waals surface area (Å²) in [5.41, 5.74) is 1.14. The molecule has 0 saturated heterocycles. The van der Waals surface area contributed by atoms with Crippen molar-refractivity contribution in [1.82, 2.24) is 4.90 Å². The van der Waals surface area contributed by atoms with Gasteiger partial charge in [0.25, 0.3) is 0 Å². The quantitative estimate of drug-likeness (QED) is 0.824. The van der Waals surface area contributed by atoms with Crippen molar-refractivity contribution in [1.29, 1.82) is 0 Å². The summed E-state index contributed by atoms with van der Waals surface area (Å²) in [5, 5.41) is 3.32. The highest BCUT2D eigenvalue weighted by molar-refractivity contribution is 7.17. The number of carbonyl (C=O) groups is 1. The highest BCUT2D eigenvalue weighted by atomic mass is 32.1. The van der Waals surface area contributed by atoms with Crippen LogP contribution in [0.5, 0.6) is 0 Å². The van der Waals surface area contributed by atoms with Crippen molar-refractivity contribution in [3.63, 3.8) is 0 Å². The number of rotatable bonds is 4. The Kier molecular flexibility index (Phi) is 3.60. The number of fused-ring (bicyclic) bond motifs is 1. The zero-order chi connectivity index (χ0) is 12.4. The Morgan fingerprint density at radius 3 is 2.71 bits per heavy atom. The molecule has 0 amide bonds. The van der Waals surface area contributed by atoms with E-state index in [2.05, 4.69) is 17.5 Å². The first-order valence-electron chi connectivity index (χ1n) is 5.80. The minimum atomic E-state index is -0.115. The summed E-state index contributed by atoms with van der Waals surface area (Å²) in [5.74, 6) is 0.276. The molecular formula is C14H17NOS. The number of carbonyl (C=O) groups excluding carboxylic acids is 1. The number of thiophene rings is 1. The third-order valence-electron chi connectivity index (χ3n) is 2.98. The van der Waals surface area contributed by atoms with E-state index in [-0.39, 0.29) is 11.8 Å². The fraction of sp³-hybridized carbons (Fsp3) is 0.357. The second-order valence-corrected chi connectivity index (χ2v) is 5.28. The third kappa shape index (κ3) is 2.26. The van der Waals surface area contributed by atoms with Gasteiger partial charge in [-0.05, 0) is 36.5 Å². The van der Waals surface area contributed by atoms with Crippen molar-refractivity contribution in [2.45, 2.75) is 19.4 Å². The van der Waals surface area contributed by atoms with Crippen molar-refractivity contribution in [2.75, 3.05) is 14.1 Å². The lowest BCUT2D eigenvalue weighted by Crippen LogP contribution is -2.27. The number of nitrogens with zero attached hydrogens (tertiary/aromatic N) is 1. The molecule has 0 aliphatic rings. The number of Topliss-reactive ketones (excluding diaryl/α,β-unsaturated/α-hetero) is 1. The summed E-state index contributed by atoms with van der Waals surface area (Å²) in [6, 6.07) is 8.15. The van der Waals surface area contributed by atoms with E-state index in [1.54, 1.807) is 11.3 Å². The molecule has 0 bridgehead atoms. The topological polar surface area (TPSA) is 20.3 Å². The summed E-state index contributed by atoms with van der Waals surface area (Å²) >= 11 is 1.71. The Balaban J connectivity index is 2.53. The fourth-order valence-electron chi connectivity index (χ4n) is 2.14. The molecule has 1 aromatic carbocycles. The number of hydrogen-bond acceptors (Lipinski definition) is 3. The lowest BCUT2D eigenvalue weighted by Gasteiger charge is -2.22. The van der Waals surface area contributed by atoms with Crippen LogP contribution in [0, 0.1) is 0 Å². The Bertz CT molecular complexity index is 530. The maximum absolute atomic E-state index is 12.1. The van der Waals surface area contributed by atoms with Crippen LogP contribution in [0.3, 0.4) is 0 Å². The summed E-state index contributed by atoms with van der Waals surface area (Å²) in [4.78, 5) is 14.1. The van der Waals surface area contributed by atoms with Gasteiger partial charge in [0.15, 0.2) is 5.78 Å². The van der Waals surface area contributed by atoms with Crippen LogP contribution in [0.15, 0.2) is 29.6 Å². The SMILES string of the molecule is CCC(=O)C(c1csc2ccccc12)N(C)C. The van der Waals surface area contributed by atoms with Gasteiger partial charge < -0.3 is 0 Å². The molecule has 2 aromatic rings. The first kappa shape index (κ1) is 12.3. The van der Waals surface area contributed by atoms with Crippen LogP contribution < -0.4 is 0 Å². The molecule has 1 heterocycles. The molecule has 0 saturated carbocycles. The van der Waals surface area contributed by atoms with Gasteiger partial charge in [0.2, 0.25) is 0 Å². The van der Waals surface area contributed by atoms with E-state index in [0.717, 1.165) is 5.56 Å². The van der Waals surface area contributed by atoms with Gasteiger partial charge in [-0.2, -0.15) is 0 Å². The molecule has 0 N–H and O–H groups in total. The number of hydrogen-bond donors (Lipinski definition) is 0. The highest BCUT2D eigenvalue weighted by Crippen LogP contribution is 2.33. The summed E-state index contributed by atoms with van der Waals surface area (Å²) in [7, 11) is 3.93. The summed E-state index contributed by atoms with van der Waals surface area (Å²) < 4.78 is 1.25. The first-order chi connectivity index (χ1) is 8.15. The molecular weight excluding hydrogens is 230 g/mol. The average molecular weight is 247 g/mol. The van der Waals surface area contributed by atoms with Crippen LogP contribution in [0.4, 0.5) is 0 Å². The highest BCUT2D eigenvalue weighted by Gasteiger charge is 2.23. The van der Waals surface area contributed by atoms with Crippen molar-refractivity contribution in [2.24, 2.45) is 0 Å². The molecule has 0 fully saturated rings. The molecule has 0 radical (unpaired) electrons. The van der Waals surface area contributed by atoms with Crippen LogP contribution >= 0.6 is 11.3 Å². The molecule has 90 valence electrons. The van der Waals surface area contributed by atoms with Crippen molar-refractivity contribution in [3.8, 4) is 0 Å². The van der Waals surface area contributed by atoms with Crippen molar-refractivity contribution >= 4 is 27.2 Å². The van der Waals surface area contributed by atoms with Gasteiger partial charge in [0.1, 0.15) is 0 Å². The number of likely N-dealkylation sites (N-methyl/N-ethyl adjacent to an activating group) is 1. The Morgan fingerprint density at radius 1 is 1.35 bits per heavy atom. The van der Waals surface area contributed by atoms with Crippen LogP contribution in [0.2, 0.25) is 0 Å². The second-order valence-electron chi connectivity index (χ2n) is 4.37. The zero-order valence-electron chi connectivity index (χ0n) is 10.4. The predicted molar refractivity (Wildman–Crippen MR) is 73.6 cm³/mol. The second kappa shape index (κ2) is 4.98. The molecule has 17 heavy (non-hydrogen) atoms. The summed E-state index contributed by atoms with van der Waals surface area (Å²) in [6.07, 6.45) is 0.576. The molecule has 1 unspecified atom stereocenters. The average Bonchev–Trinajstić information content (AvgIpc) is 2.73. The lowest BCUT2D eigenvalue weighted by molar-refractivity contribution is -0.123. The number of ketones is 1. The van der Waals surface area contributed by atoms with E-state index in [9.17, 15) is 4.79 Å². The monoisotopic (exact) mass is 247 g/mol. The van der Waals surface area contributed by atoms with Crippen LogP contribution in [-0.4, -0.2) is 24.8 Å². The van der Waals surface area contributed by atoms with Gasteiger partial charge in [-0.25, -0.2) is 0 Å². The maximum atomic E-state index is 12.1. The van der Waals surface area contributed by atoms with E-state index < -0.39 is 0 Å². The van der Waals surface area contributed by atoms with Gasteiger partial charge >= 0.3 is 0 Å². The molecule has 2 rings (SSSR count). The number of benzene rings is 1. The Labute approximate surface area is 106 Å². The van der Waals surface area contributed by atoms with Crippen LogP contribution in [0.25, 0.3) is 10.1 Å². The van der Waals surface area contributed by atoms with Gasteiger partial charge in [0, 0.05) is 11.1 Å². The smallest absolute Gasteiger partial charge is 0.154 e. The molecule has 2 nitrogen and oxygen atoms in total. The normalized spacial score (nSPS) is 13.2. The Morgan fingerprint density at radius 2 is 2.06 bits per heavy atom. The molecule has 0 aliphatic heterocycles. The van der Waals surface area contributed by atoms with Gasteiger partial charge in [-0.1, -0.05) is 25.1 Å². The van der Waals surface area contributed by atoms with E-state index in [0.29, 0.717) is 6.42 Å². The summed E-state index contributed by atoms with van der Waals surface area (Å²) in [6.45, 7) is 1.92. The Hall–Kier alpha value is -1.19. The molecule has 1 aromatic heterocycles. The van der Waals surface area contributed by atoms with Crippen molar-refractivity contribution in [3.05, 3.63) is 35.2 Å². The molecule has 1 atom stereocenters. The van der Waals surface area contributed by atoms with E-state index >= 15 is 0 Å². The van der Waals surface area contributed by atoms with E-state index in [1.165, 1.54) is 10.1 Å². The maximum Gasteiger partial charge on any atom is 0.154 e. The first-order valence-corrected chi connectivity index (χ1v) is 6.68. The van der Waals surface area contributed by atoms with E-state index in [4.69, 9.17) is 0 Å². The molecule has 3 heteroatoms. The van der Waals surface area contributed by atoms with Crippen LogP contribution in [0.1, 0.15) is 24.9 Å². The standard InChI is InChI=1S/C14H17NOS/c1-4-12(16)14(15(2)3)11-9-17-13-8-6-5-7-10(11)13/h5-9,14H,4H2,1-3H3. The predicted octanol–water partition coefficient (Wildman–Crippen LogP) is 3.48. The minimum absolute atomic E-state index is 0.115. The van der Waals surface area contributed by atoms with Gasteiger partial charge in [-0.3, -0.25) is 9.69 Å². The third-order valence-corrected chi connectivity index (χ3v) is 3.96. The van der Waals surface area contributed by atoms with Crippen LogP contribution in [-0.2, 0) is 4.79 Å². The van der Waals surface area contributed by atoms with Gasteiger partial charge in [0.05, 0.1) is 6.04 Å². The van der Waals surface area contributed by atoms with Gasteiger partial charge in [-0.15, -0.1) is 11.3 Å². The minimum Gasteiger partial charge on any atom is -0.298 e. The lowest BCUT2D eigenvalue weighted by atomic mass is 9.99. The fourth-order valence-corrected chi connectivity index (χ4v) is 3.12.